The fourth-order valence-corrected chi connectivity index (χ4v) is 2.31. The Kier molecular flexibility index (Phi) is 3.88. The molecule has 0 atom stereocenters. The monoisotopic (exact) mass is 272 g/mol. The van der Waals surface area contributed by atoms with Gasteiger partial charge in [0.2, 0.25) is 0 Å². The molecule has 3 rings (SSSR count). The highest BCUT2D eigenvalue weighted by Crippen LogP contribution is 2.24. The minimum absolute atomic E-state index is 0.964. The van der Waals surface area contributed by atoms with Crippen LogP contribution in [0.5, 0.6) is 0 Å². The van der Waals surface area contributed by atoms with Crippen molar-refractivity contribution in [1.82, 2.24) is 4.98 Å². The minimum Gasteiger partial charge on any atom is -0.264 e. The summed E-state index contributed by atoms with van der Waals surface area (Å²) in [5.41, 5.74) is 5.33. The molecule has 102 valence electrons. The second kappa shape index (κ2) is 6.14. The summed E-state index contributed by atoms with van der Waals surface area (Å²) in [6.45, 7) is 2.04. The normalized spacial score (nSPS) is 11.4. The van der Waals surface area contributed by atoms with Crippen molar-refractivity contribution in [1.29, 1.82) is 0 Å². The Bertz CT molecular complexity index is 747. The zero-order valence-corrected chi connectivity index (χ0v) is 11.9. The van der Waals surface area contributed by atoms with Crippen LogP contribution < -0.4 is 0 Å². The molecule has 0 amide bonds. The highest BCUT2D eigenvalue weighted by atomic mass is 14.7. The van der Waals surface area contributed by atoms with Gasteiger partial charge in [0.1, 0.15) is 0 Å². The third-order valence-electron chi connectivity index (χ3n) is 3.35. The lowest BCUT2D eigenvalue weighted by Gasteiger charge is -2.09. The third-order valence-corrected chi connectivity index (χ3v) is 3.35. The summed E-state index contributed by atoms with van der Waals surface area (Å²) in [5, 5.41) is 0. The second-order valence-electron chi connectivity index (χ2n) is 4.82. The first-order chi connectivity index (χ1) is 10.3. The molecule has 0 saturated carbocycles. The van der Waals surface area contributed by atoms with Gasteiger partial charge < -0.3 is 0 Å². The van der Waals surface area contributed by atoms with Crippen molar-refractivity contribution in [2.24, 2.45) is 4.99 Å². The zero-order chi connectivity index (χ0) is 14.5. The van der Waals surface area contributed by atoms with E-state index in [2.05, 4.69) is 17.1 Å². The Hall–Kier alpha value is -2.74. The molecule has 2 nitrogen and oxygen atoms in total. The van der Waals surface area contributed by atoms with E-state index in [4.69, 9.17) is 4.99 Å². The number of hydrogen-bond acceptors (Lipinski definition) is 2. The summed E-state index contributed by atoms with van der Waals surface area (Å²) in [7, 11) is 0. The van der Waals surface area contributed by atoms with Gasteiger partial charge in [0.15, 0.2) is 0 Å². The molecule has 0 saturated heterocycles. The van der Waals surface area contributed by atoms with Gasteiger partial charge in [0.25, 0.3) is 0 Å². The average Bonchev–Trinajstić information content (AvgIpc) is 2.56. The molecule has 0 fully saturated rings. The smallest absolute Gasteiger partial charge is 0.0633 e. The van der Waals surface area contributed by atoms with Crippen LogP contribution in [-0.4, -0.2) is 10.7 Å². The van der Waals surface area contributed by atoms with Crippen LogP contribution in [0.4, 0.5) is 5.69 Å². The van der Waals surface area contributed by atoms with Crippen LogP contribution in [-0.2, 0) is 0 Å². The van der Waals surface area contributed by atoms with Crippen LogP contribution in [0.15, 0.2) is 84.1 Å². The Morgan fingerprint density at radius 2 is 1.52 bits per heavy atom. The standard InChI is InChI=1S/C19H16N2/c1-15(21-17-10-6-3-7-11-17)18-12-13-20-14-19(18)16-8-4-2-5-9-16/h2-14H,1H3. The van der Waals surface area contributed by atoms with E-state index in [1.807, 2.05) is 73.9 Å². The van der Waals surface area contributed by atoms with Gasteiger partial charge in [-0.15, -0.1) is 0 Å². The molecule has 0 bridgehead atoms. The molecule has 3 aromatic rings. The van der Waals surface area contributed by atoms with Crippen molar-refractivity contribution < 1.29 is 0 Å². The number of para-hydroxylation sites is 1. The number of benzene rings is 2. The van der Waals surface area contributed by atoms with E-state index >= 15 is 0 Å². The zero-order valence-electron chi connectivity index (χ0n) is 11.9. The Morgan fingerprint density at radius 3 is 2.24 bits per heavy atom. The molecule has 0 unspecified atom stereocenters. The fourth-order valence-electron chi connectivity index (χ4n) is 2.31. The van der Waals surface area contributed by atoms with Gasteiger partial charge in [-0.25, -0.2) is 0 Å². The van der Waals surface area contributed by atoms with Crippen LogP contribution in [0.3, 0.4) is 0 Å². The van der Waals surface area contributed by atoms with Gasteiger partial charge in [-0.3, -0.25) is 9.98 Å². The number of rotatable bonds is 3. The lowest BCUT2D eigenvalue weighted by molar-refractivity contribution is 1.31. The first-order valence-corrected chi connectivity index (χ1v) is 6.95. The molecule has 21 heavy (non-hydrogen) atoms. The van der Waals surface area contributed by atoms with Gasteiger partial charge in [-0.05, 0) is 30.7 Å². The van der Waals surface area contributed by atoms with Crippen LogP contribution in [0.25, 0.3) is 11.1 Å². The Labute approximate surface area is 124 Å². The van der Waals surface area contributed by atoms with Crippen molar-refractivity contribution in [3.63, 3.8) is 0 Å². The molecule has 2 heteroatoms. The van der Waals surface area contributed by atoms with Gasteiger partial charge >= 0.3 is 0 Å². The summed E-state index contributed by atoms with van der Waals surface area (Å²) in [6.07, 6.45) is 3.71. The number of pyridine rings is 1. The van der Waals surface area contributed by atoms with E-state index in [-0.39, 0.29) is 0 Å². The largest absolute Gasteiger partial charge is 0.264 e. The maximum absolute atomic E-state index is 4.70. The highest BCUT2D eigenvalue weighted by molar-refractivity contribution is 6.05. The summed E-state index contributed by atoms with van der Waals surface area (Å²) in [5.74, 6) is 0. The first-order valence-electron chi connectivity index (χ1n) is 6.95. The van der Waals surface area contributed by atoms with Gasteiger partial charge in [0, 0.05) is 29.2 Å². The van der Waals surface area contributed by atoms with E-state index in [1.54, 1.807) is 0 Å². The van der Waals surface area contributed by atoms with Gasteiger partial charge in [-0.2, -0.15) is 0 Å². The van der Waals surface area contributed by atoms with Crippen LogP contribution in [0, 0.1) is 0 Å². The first kappa shape index (κ1) is 13.3. The molecule has 0 N–H and O–H groups in total. The summed E-state index contributed by atoms with van der Waals surface area (Å²) < 4.78 is 0. The predicted octanol–water partition coefficient (Wildman–Crippen LogP) is 4.89. The highest BCUT2D eigenvalue weighted by Gasteiger charge is 2.07. The molecule has 0 aliphatic rings. The molecular formula is C19H16N2. The van der Waals surface area contributed by atoms with Crippen LogP contribution in [0.2, 0.25) is 0 Å². The average molecular weight is 272 g/mol. The van der Waals surface area contributed by atoms with Crippen molar-refractivity contribution in [2.75, 3.05) is 0 Å². The molecular weight excluding hydrogens is 256 g/mol. The van der Waals surface area contributed by atoms with E-state index in [9.17, 15) is 0 Å². The van der Waals surface area contributed by atoms with Crippen molar-refractivity contribution >= 4 is 11.4 Å². The summed E-state index contributed by atoms with van der Waals surface area (Å²) >= 11 is 0. The van der Waals surface area contributed by atoms with E-state index < -0.39 is 0 Å². The molecule has 0 spiro atoms. The fraction of sp³-hybridized carbons (Fsp3) is 0.0526. The SMILES string of the molecule is CC(=Nc1ccccc1)c1ccncc1-c1ccccc1. The van der Waals surface area contributed by atoms with E-state index in [0.29, 0.717) is 0 Å². The molecule has 1 heterocycles. The summed E-state index contributed by atoms with van der Waals surface area (Å²) in [4.78, 5) is 8.96. The topological polar surface area (TPSA) is 25.2 Å². The number of nitrogens with zero attached hydrogens (tertiary/aromatic N) is 2. The van der Waals surface area contributed by atoms with Gasteiger partial charge in [-0.1, -0.05) is 48.5 Å². The number of hydrogen-bond donors (Lipinski definition) is 0. The minimum atomic E-state index is 0.964. The molecule has 0 aliphatic carbocycles. The van der Waals surface area contributed by atoms with Crippen molar-refractivity contribution in [2.45, 2.75) is 6.92 Å². The molecule has 0 aliphatic heterocycles. The van der Waals surface area contributed by atoms with Crippen molar-refractivity contribution in [3.05, 3.63) is 84.7 Å². The maximum atomic E-state index is 4.70. The molecule has 0 radical (unpaired) electrons. The van der Waals surface area contributed by atoms with E-state index in [1.165, 1.54) is 0 Å². The molecule has 1 aromatic heterocycles. The number of aromatic nitrogens is 1. The maximum Gasteiger partial charge on any atom is 0.0633 e. The quantitative estimate of drug-likeness (QED) is 0.623. The summed E-state index contributed by atoms with van der Waals surface area (Å²) in [6, 6.07) is 22.3. The van der Waals surface area contributed by atoms with Crippen molar-refractivity contribution in [3.8, 4) is 11.1 Å². The lowest BCUT2D eigenvalue weighted by Crippen LogP contribution is -1.98. The van der Waals surface area contributed by atoms with E-state index in [0.717, 1.165) is 28.1 Å². The van der Waals surface area contributed by atoms with Crippen LogP contribution >= 0.6 is 0 Å². The molecule has 2 aromatic carbocycles. The predicted molar refractivity (Wildman–Crippen MR) is 88.0 cm³/mol. The Morgan fingerprint density at radius 1 is 0.857 bits per heavy atom. The van der Waals surface area contributed by atoms with Gasteiger partial charge in [0.05, 0.1) is 5.69 Å². The number of aliphatic imine (C=N–C) groups is 1. The lowest BCUT2D eigenvalue weighted by atomic mass is 9.99. The third kappa shape index (κ3) is 3.06. The Balaban J connectivity index is 2.05. The second-order valence-corrected chi connectivity index (χ2v) is 4.82. The van der Waals surface area contributed by atoms with Crippen LogP contribution in [0.1, 0.15) is 12.5 Å².